The second-order valence-electron chi connectivity index (χ2n) is 5.06. The highest BCUT2D eigenvalue weighted by molar-refractivity contribution is 6.28. The Morgan fingerprint density at radius 1 is 1.26 bits per heavy atom. The summed E-state index contributed by atoms with van der Waals surface area (Å²) in [5.74, 6) is -0.248. The first-order chi connectivity index (χ1) is 8.87. The second kappa shape index (κ2) is 7.40. The number of nitrogens with zero attached hydrogens (tertiary/aromatic N) is 2. The molecule has 0 aliphatic rings. The van der Waals surface area contributed by atoms with Crippen molar-refractivity contribution in [1.82, 2.24) is 9.97 Å². The summed E-state index contributed by atoms with van der Waals surface area (Å²) in [5.41, 5.74) is 0.499. The van der Waals surface area contributed by atoms with Crippen molar-refractivity contribution in [1.29, 1.82) is 0 Å². The molecule has 0 N–H and O–H groups in total. The van der Waals surface area contributed by atoms with Crippen molar-refractivity contribution in [2.45, 2.75) is 39.2 Å². The summed E-state index contributed by atoms with van der Waals surface area (Å²) in [6.07, 6.45) is 4.26. The van der Waals surface area contributed by atoms with Crippen molar-refractivity contribution in [3.63, 3.8) is 0 Å². The van der Waals surface area contributed by atoms with Crippen molar-refractivity contribution in [2.24, 2.45) is 0 Å². The van der Waals surface area contributed by atoms with Gasteiger partial charge >= 0.3 is 5.97 Å². The number of hydrogen-bond donors (Lipinski definition) is 0. The van der Waals surface area contributed by atoms with Crippen LogP contribution in [0.2, 0.25) is 5.28 Å². The van der Waals surface area contributed by atoms with E-state index in [1.807, 2.05) is 20.8 Å². The molecule has 1 aromatic heterocycles. The van der Waals surface area contributed by atoms with Crippen molar-refractivity contribution in [2.75, 3.05) is 13.2 Å². The van der Waals surface area contributed by atoms with Crippen molar-refractivity contribution >= 4 is 17.6 Å². The maximum Gasteiger partial charge on any atom is 0.308 e. The number of ether oxygens (including phenoxy) is 2. The Morgan fingerprint density at radius 2 is 1.89 bits per heavy atom. The van der Waals surface area contributed by atoms with Gasteiger partial charge in [-0.3, -0.25) is 4.79 Å². The molecule has 0 aromatic carbocycles. The Morgan fingerprint density at radius 3 is 2.47 bits per heavy atom. The molecule has 19 heavy (non-hydrogen) atoms. The number of carbonyl (C=O) groups excluding carboxylic acids is 1. The zero-order chi connectivity index (χ0) is 14.3. The minimum absolute atomic E-state index is 0.231. The number of halogens is 1. The first-order valence-corrected chi connectivity index (χ1v) is 6.50. The molecule has 0 bridgehead atoms. The second-order valence-corrected chi connectivity index (χ2v) is 5.40. The van der Waals surface area contributed by atoms with E-state index in [0.29, 0.717) is 19.6 Å². The normalized spacial score (nSPS) is 11.4. The number of hydrogen-bond acceptors (Lipinski definition) is 5. The van der Waals surface area contributed by atoms with Crippen LogP contribution in [-0.4, -0.2) is 34.8 Å². The van der Waals surface area contributed by atoms with Crippen LogP contribution in [0.1, 0.15) is 32.8 Å². The Balaban J connectivity index is 2.11. The molecule has 1 aromatic rings. The summed E-state index contributed by atoms with van der Waals surface area (Å²) in [5, 5.41) is 0.231. The van der Waals surface area contributed by atoms with Gasteiger partial charge in [0.2, 0.25) is 5.28 Å². The van der Waals surface area contributed by atoms with E-state index in [0.717, 1.165) is 5.56 Å². The lowest BCUT2D eigenvalue weighted by molar-refractivity contribution is -0.156. The fraction of sp³-hybridized carbons (Fsp3) is 0.615. The lowest BCUT2D eigenvalue weighted by Gasteiger charge is -2.19. The topological polar surface area (TPSA) is 61.3 Å². The van der Waals surface area contributed by atoms with Crippen molar-refractivity contribution in [3.05, 3.63) is 23.2 Å². The molecule has 0 saturated carbocycles. The van der Waals surface area contributed by atoms with Crippen LogP contribution >= 0.6 is 11.6 Å². The van der Waals surface area contributed by atoms with Crippen LogP contribution in [-0.2, 0) is 20.7 Å². The molecule has 0 radical (unpaired) electrons. The van der Waals surface area contributed by atoms with Gasteiger partial charge in [-0.1, -0.05) is 0 Å². The minimum atomic E-state index is -0.447. The van der Waals surface area contributed by atoms with E-state index in [9.17, 15) is 4.79 Å². The van der Waals surface area contributed by atoms with Crippen LogP contribution in [0.5, 0.6) is 0 Å². The fourth-order valence-corrected chi connectivity index (χ4v) is 1.41. The number of aromatic nitrogens is 2. The number of esters is 1. The molecule has 5 nitrogen and oxygen atoms in total. The van der Waals surface area contributed by atoms with Gasteiger partial charge in [0.25, 0.3) is 0 Å². The molecule has 0 aliphatic heterocycles. The van der Waals surface area contributed by atoms with Crippen molar-refractivity contribution in [3.8, 4) is 0 Å². The van der Waals surface area contributed by atoms with Gasteiger partial charge in [-0.05, 0) is 44.4 Å². The first kappa shape index (κ1) is 15.9. The van der Waals surface area contributed by atoms with Gasteiger partial charge in [0.05, 0.1) is 19.6 Å². The van der Waals surface area contributed by atoms with Crippen LogP contribution < -0.4 is 0 Å². The molecule has 0 amide bonds. The summed E-state index contributed by atoms with van der Waals surface area (Å²) in [4.78, 5) is 19.1. The van der Waals surface area contributed by atoms with Gasteiger partial charge in [0.1, 0.15) is 5.60 Å². The van der Waals surface area contributed by atoms with Crippen LogP contribution in [0.3, 0.4) is 0 Å². The largest absolute Gasteiger partial charge is 0.460 e. The van der Waals surface area contributed by atoms with E-state index in [-0.39, 0.29) is 17.7 Å². The van der Waals surface area contributed by atoms with Gasteiger partial charge < -0.3 is 9.47 Å². The Bertz CT molecular complexity index is 401. The molecule has 106 valence electrons. The zero-order valence-electron chi connectivity index (χ0n) is 11.5. The molecular formula is C13H19ClN2O3. The molecule has 0 aliphatic carbocycles. The molecular weight excluding hydrogens is 268 g/mol. The van der Waals surface area contributed by atoms with Gasteiger partial charge in [-0.25, -0.2) is 9.97 Å². The van der Waals surface area contributed by atoms with Gasteiger partial charge in [0.15, 0.2) is 0 Å². The monoisotopic (exact) mass is 286 g/mol. The van der Waals surface area contributed by atoms with Crippen molar-refractivity contribution < 1.29 is 14.3 Å². The predicted octanol–water partition coefficient (Wildman–Crippen LogP) is 2.42. The third-order valence-corrected chi connectivity index (χ3v) is 2.27. The number of carbonyl (C=O) groups is 1. The molecule has 0 saturated heterocycles. The SMILES string of the molecule is CC(C)(C)OC(=O)CCOCCc1cnc(Cl)nc1. The van der Waals surface area contributed by atoms with Gasteiger partial charge in [-0.15, -0.1) is 0 Å². The standard InChI is InChI=1S/C13H19ClN2O3/c1-13(2,3)19-11(17)5-7-18-6-4-10-8-15-12(14)16-9-10/h8-9H,4-7H2,1-3H3. The van der Waals surface area contributed by atoms with Crippen LogP contribution in [0.4, 0.5) is 0 Å². The molecule has 1 heterocycles. The average molecular weight is 287 g/mol. The fourth-order valence-electron chi connectivity index (χ4n) is 1.31. The molecule has 0 fully saturated rings. The highest BCUT2D eigenvalue weighted by Gasteiger charge is 2.15. The maximum absolute atomic E-state index is 11.4. The highest BCUT2D eigenvalue weighted by atomic mass is 35.5. The Kier molecular flexibility index (Phi) is 6.18. The maximum atomic E-state index is 11.4. The smallest absolute Gasteiger partial charge is 0.308 e. The molecule has 1 rings (SSSR count). The van der Waals surface area contributed by atoms with E-state index in [1.165, 1.54) is 0 Å². The van der Waals surface area contributed by atoms with E-state index in [2.05, 4.69) is 9.97 Å². The summed E-state index contributed by atoms with van der Waals surface area (Å²) < 4.78 is 10.5. The molecule has 6 heteroatoms. The lowest BCUT2D eigenvalue weighted by atomic mass is 10.2. The van der Waals surface area contributed by atoms with Crippen LogP contribution in [0, 0.1) is 0 Å². The quantitative estimate of drug-likeness (QED) is 0.456. The summed E-state index contributed by atoms with van der Waals surface area (Å²) in [6, 6.07) is 0. The predicted molar refractivity (Wildman–Crippen MR) is 72.0 cm³/mol. The Labute approximate surface area is 118 Å². The van der Waals surface area contributed by atoms with Gasteiger partial charge in [-0.2, -0.15) is 0 Å². The Hall–Kier alpha value is -1.20. The summed E-state index contributed by atoms with van der Waals surface area (Å²) in [7, 11) is 0. The lowest BCUT2D eigenvalue weighted by Crippen LogP contribution is -2.24. The highest BCUT2D eigenvalue weighted by Crippen LogP contribution is 2.08. The minimum Gasteiger partial charge on any atom is -0.460 e. The number of rotatable bonds is 6. The molecule has 0 unspecified atom stereocenters. The van der Waals surface area contributed by atoms with E-state index < -0.39 is 5.60 Å². The van der Waals surface area contributed by atoms with E-state index in [1.54, 1.807) is 12.4 Å². The average Bonchev–Trinajstić information content (AvgIpc) is 2.29. The summed E-state index contributed by atoms with van der Waals surface area (Å²) in [6.45, 7) is 6.38. The molecule has 0 atom stereocenters. The molecule has 0 spiro atoms. The van der Waals surface area contributed by atoms with E-state index >= 15 is 0 Å². The van der Waals surface area contributed by atoms with Crippen LogP contribution in [0.15, 0.2) is 12.4 Å². The zero-order valence-corrected chi connectivity index (χ0v) is 12.2. The van der Waals surface area contributed by atoms with Gasteiger partial charge in [0, 0.05) is 12.4 Å². The van der Waals surface area contributed by atoms with E-state index in [4.69, 9.17) is 21.1 Å². The first-order valence-electron chi connectivity index (χ1n) is 6.13. The third-order valence-electron chi connectivity index (χ3n) is 2.08. The van der Waals surface area contributed by atoms with Crippen LogP contribution in [0.25, 0.3) is 0 Å². The summed E-state index contributed by atoms with van der Waals surface area (Å²) >= 11 is 5.58. The third kappa shape index (κ3) is 7.74.